The highest BCUT2D eigenvalue weighted by molar-refractivity contribution is 6.33. The lowest BCUT2D eigenvalue weighted by Gasteiger charge is -2.08. The number of nitrogen functional groups attached to an aromatic ring is 1. The fraction of sp³-hybridized carbons (Fsp3) is 0.0714. The number of hydrogen-bond acceptors (Lipinski definition) is 4. The third-order valence-electron chi connectivity index (χ3n) is 2.71. The maximum atomic E-state index is 9.02. The molecule has 0 radical (unpaired) electrons. The largest absolute Gasteiger partial charge is 0.382 e. The van der Waals surface area contributed by atoms with Gasteiger partial charge in [-0.25, -0.2) is 9.97 Å². The van der Waals surface area contributed by atoms with Crippen molar-refractivity contribution >= 4 is 17.4 Å². The van der Waals surface area contributed by atoms with E-state index in [0.717, 1.165) is 5.56 Å². The molecule has 5 heteroatoms. The minimum atomic E-state index is 0.126. The molecule has 0 bridgehead atoms. The fourth-order valence-electron chi connectivity index (χ4n) is 1.68. The number of halogens is 1. The van der Waals surface area contributed by atoms with E-state index in [1.54, 1.807) is 18.2 Å². The standard InChI is InChI=1S/C14H9ClN4/c1-3-11-12(15)13(17)19-14(18-11)10-6-4-5-9(7-16)8(10)2/h1,4-6H,2H3,(H2,17,18,19). The predicted octanol–water partition coefficient (Wildman–Crippen LogP) is 2.54. The number of aromatic nitrogens is 2. The van der Waals surface area contributed by atoms with Crippen LogP contribution >= 0.6 is 11.6 Å². The number of hydrogen-bond donors (Lipinski definition) is 1. The number of nitrogens with two attached hydrogens (primary N) is 1. The Bertz CT molecular complexity index is 738. The maximum absolute atomic E-state index is 9.02. The molecule has 2 N–H and O–H groups in total. The van der Waals surface area contributed by atoms with Gasteiger partial charge in [0, 0.05) is 5.56 Å². The number of anilines is 1. The molecule has 19 heavy (non-hydrogen) atoms. The van der Waals surface area contributed by atoms with E-state index >= 15 is 0 Å². The molecule has 0 aliphatic rings. The molecule has 1 heterocycles. The molecule has 0 saturated carbocycles. The summed E-state index contributed by atoms with van der Waals surface area (Å²) in [7, 11) is 0. The first-order valence-corrected chi connectivity index (χ1v) is 5.76. The number of benzene rings is 1. The van der Waals surface area contributed by atoms with Crippen LogP contribution in [-0.4, -0.2) is 9.97 Å². The Morgan fingerprint density at radius 3 is 2.74 bits per heavy atom. The Morgan fingerprint density at radius 1 is 1.37 bits per heavy atom. The van der Waals surface area contributed by atoms with E-state index in [4.69, 9.17) is 29.0 Å². The zero-order valence-electron chi connectivity index (χ0n) is 10.1. The van der Waals surface area contributed by atoms with Gasteiger partial charge in [0.05, 0.1) is 11.6 Å². The summed E-state index contributed by atoms with van der Waals surface area (Å²) in [4.78, 5) is 8.31. The second-order valence-electron chi connectivity index (χ2n) is 3.83. The van der Waals surface area contributed by atoms with Crippen LogP contribution in [0, 0.1) is 30.6 Å². The molecule has 0 saturated heterocycles. The summed E-state index contributed by atoms with van der Waals surface area (Å²) in [6.45, 7) is 1.82. The summed E-state index contributed by atoms with van der Waals surface area (Å²) in [6, 6.07) is 7.39. The quantitative estimate of drug-likeness (QED) is 0.807. The van der Waals surface area contributed by atoms with Crippen molar-refractivity contribution in [2.45, 2.75) is 6.92 Å². The zero-order valence-corrected chi connectivity index (χ0v) is 10.9. The number of nitriles is 1. The molecule has 0 aliphatic carbocycles. The molecule has 0 spiro atoms. The van der Waals surface area contributed by atoms with Crippen molar-refractivity contribution in [1.29, 1.82) is 5.26 Å². The van der Waals surface area contributed by atoms with E-state index in [9.17, 15) is 0 Å². The predicted molar refractivity (Wildman–Crippen MR) is 74.3 cm³/mol. The first-order chi connectivity index (χ1) is 9.08. The SMILES string of the molecule is C#Cc1nc(-c2cccc(C#N)c2C)nc(N)c1Cl. The smallest absolute Gasteiger partial charge is 0.163 e. The summed E-state index contributed by atoms with van der Waals surface area (Å²) in [5.41, 5.74) is 7.99. The van der Waals surface area contributed by atoms with Crippen LogP contribution in [0.25, 0.3) is 11.4 Å². The summed E-state index contributed by atoms with van der Waals surface area (Å²) >= 11 is 5.91. The molecular formula is C14H9ClN4. The van der Waals surface area contributed by atoms with Crippen LogP contribution < -0.4 is 5.73 Å². The van der Waals surface area contributed by atoms with Crippen molar-refractivity contribution < 1.29 is 0 Å². The van der Waals surface area contributed by atoms with Gasteiger partial charge in [-0.1, -0.05) is 23.7 Å². The minimum Gasteiger partial charge on any atom is -0.382 e. The van der Waals surface area contributed by atoms with E-state index in [-0.39, 0.29) is 16.5 Å². The van der Waals surface area contributed by atoms with Gasteiger partial charge in [0.1, 0.15) is 16.5 Å². The van der Waals surface area contributed by atoms with Gasteiger partial charge >= 0.3 is 0 Å². The Morgan fingerprint density at radius 2 is 2.11 bits per heavy atom. The molecule has 1 aromatic carbocycles. The van der Waals surface area contributed by atoms with Crippen LogP contribution in [0.15, 0.2) is 18.2 Å². The van der Waals surface area contributed by atoms with Crippen molar-refractivity contribution in [1.82, 2.24) is 9.97 Å². The highest BCUT2D eigenvalue weighted by Gasteiger charge is 2.13. The molecule has 92 valence electrons. The van der Waals surface area contributed by atoms with Crippen molar-refractivity contribution in [2.75, 3.05) is 5.73 Å². The summed E-state index contributed by atoms with van der Waals surface area (Å²) in [5.74, 6) is 2.86. The third-order valence-corrected chi connectivity index (χ3v) is 3.08. The van der Waals surface area contributed by atoms with Gasteiger partial charge in [-0.15, -0.1) is 6.42 Å². The lowest BCUT2D eigenvalue weighted by atomic mass is 10.0. The van der Waals surface area contributed by atoms with Gasteiger partial charge in [0.2, 0.25) is 0 Å². The summed E-state index contributed by atoms with van der Waals surface area (Å²) < 4.78 is 0. The highest BCUT2D eigenvalue weighted by atomic mass is 35.5. The van der Waals surface area contributed by atoms with Crippen LogP contribution in [0.1, 0.15) is 16.8 Å². The monoisotopic (exact) mass is 268 g/mol. The Balaban J connectivity index is 2.71. The molecule has 0 atom stereocenters. The van der Waals surface area contributed by atoms with Crippen molar-refractivity contribution in [3.05, 3.63) is 40.0 Å². The molecule has 2 aromatic rings. The van der Waals surface area contributed by atoms with E-state index in [2.05, 4.69) is 22.0 Å². The second kappa shape index (κ2) is 4.97. The summed E-state index contributed by atoms with van der Waals surface area (Å²) in [5, 5.41) is 9.19. The zero-order chi connectivity index (χ0) is 14.0. The Kier molecular flexibility index (Phi) is 3.37. The molecule has 0 fully saturated rings. The lowest BCUT2D eigenvalue weighted by molar-refractivity contribution is 1.15. The molecule has 0 amide bonds. The average Bonchev–Trinajstić information content (AvgIpc) is 2.42. The van der Waals surface area contributed by atoms with Gasteiger partial charge < -0.3 is 5.73 Å². The summed E-state index contributed by atoms with van der Waals surface area (Å²) in [6.07, 6.45) is 5.33. The third kappa shape index (κ3) is 2.22. The fourth-order valence-corrected chi connectivity index (χ4v) is 1.82. The van der Waals surface area contributed by atoms with Gasteiger partial charge in [0.25, 0.3) is 0 Å². The van der Waals surface area contributed by atoms with Crippen LogP contribution in [0.3, 0.4) is 0 Å². The van der Waals surface area contributed by atoms with Gasteiger partial charge in [-0.05, 0) is 24.5 Å². The van der Waals surface area contributed by atoms with E-state index in [1.165, 1.54) is 0 Å². The van der Waals surface area contributed by atoms with Gasteiger partial charge in [0.15, 0.2) is 5.82 Å². The van der Waals surface area contributed by atoms with E-state index in [0.29, 0.717) is 17.0 Å². The molecule has 2 rings (SSSR count). The van der Waals surface area contributed by atoms with Gasteiger partial charge in [-0.2, -0.15) is 5.26 Å². The molecule has 0 aliphatic heterocycles. The number of terminal acetylenes is 1. The average molecular weight is 269 g/mol. The Hall–Kier alpha value is -2.56. The van der Waals surface area contributed by atoms with Gasteiger partial charge in [-0.3, -0.25) is 0 Å². The Labute approximate surface area is 115 Å². The topological polar surface area (TPSA) is 75.6 Å². The molecule has 4 nitrogen and oxygen atoms in total. The highest BCUT2D eigenvalue weighted by Crippen LogP contribution is 2.27. The first kappa shape index (κ1) is 12.9. The molecule has 1 aromatic heterocycles. The van der Waals surface area contributed by atoms with E-state index < -0.39 is 0 Å². The normalized spacial score (nSPS) is 9.68. The van der Waals surface area contributed by atoms with Crippen molar-refractivity contribution in [3.8, 4) is 29.8 Å². The number of rotatable bonds is 1. The lowest BCUT2D eigenvalue weighted by Crippen LogP contribution is -2.01. The number of nitrogens with zero attached hydrogens (tertiary/aromatic N) is 3. The second-order valence-corrected chi connectivity index (χ2v) is 4.21. The van der Waals surface area contributed by atoms with E-state index in [1.807, 2.05) is 6.92 Å². The molecular weight excluding hydrogens is 260 g/mol. The molecule has 0 unspecified atom stereocenters. The van der Waals surface area contributed by atoms with Crippen molar-refractivity contribution in [3.63, 3.8) is 0 Å². The first-order valence-electron chi connectivity index (χ1n) is 5.38. The van der Waals surface area contributed by atoms with Crippen LogP contribution in [-0.2, 0) is 0 Å². The van der Waals surface area contributed by atoms with Crippen LogP contribution in [0.4, 0.5) is 5.82 Å². The minimum absolute atomic E-state index is 0.126. The van der Waals surface area contributed by atoms with Crippen molar-refractivity contribution in [2.24, 2.45) is 0 Å². The maximum Gasteiger partial charge on any atom is 0.163 e. The van der Waals surface area contributed by atoms with Crippen LogP contribution in [0.5, 0.6) is 0 Å². The van der Waals surface area contributed by atoms with Crippen LogP contribution in [0.2, 0.25) is 5.02 Å².